The first-order valence-corrected chi connectivity index (χ1v) is 7.41. The van der Waals surface area contributed by atoms with Crippen LogP contribution < -0.4 is 5.32 Å². The molecule has 0 spiro atoms. The average molecular weight is 321 g/mol. The molecule has 6 heteroatoms. The first-order chi connectivity index (χ1) is 10.1. The average Bonchev–Trinajstić information content (AvgIpc) is 2.90. The van der Waals surface area contributed by atoms with Crippen molar-refractivity contribution in [1.29, 1.82) is 0 Å². The molecular weight excluding hydrogens is 311 g/mol. The fourth-order valence-electron chi connectivity index (χ4n) is 2.09. The molecule has 0 unspecified atom stereocenters. The second-order valence-electron chi connectivity index (χ2n) is 4.53. The van der Waals surface area contributed by atoms with Gasteiger partial charge < -0.3 is 5.32 Å². The minimum Gasteiger partial charge on any atom is -0.319 e. The van der Waals surface area contributed by atoms with Crippen LogP contribution in [0.4, 0.5) is 10.1 Å². The van der Waals surface area contributed by atoms with Gasteiger partial charge in [-0.2, -0.15) is 0 Å². The van der Waals surface area contributed by atoms with Crippen LogP contribution in [-0.2, 0) is 0 Å². The molecule has 1 amide bonds. The zero-order chi connectivity index (χ0) is 15.0. The number of hydrogen-bond donors (Lipinski definition) is 1. The van der Waals surface area contributed by atoms with E-state index in [0.29, 0.717) is 27.4 Å². The van der Waals surface area contributed by atoms with Crippen LogP contribution in [0.5, 0.6) is 0 Å². The number of aryl methyl sites for hydroxylation is 1. The number of aromatic nitrogens is 1. The second-order valence-corrected chi connectivity index (χ2v) is 5.83. The molecule has 0 aliphatic rings. The molecule has 0 aliphatic carbocycles. The number of carbonyl (C=O) groups excluding carboxylic acids is 1. The van der Waals surface area contributed by atoms with E-state index in [1.807, 2.05) is 6.07 Å². The molecule has 0 fully saturated rings. The van der Waals surface area contributed by atoms with Crippen LogP contribution in [0, 0.1) is 12.7 Å². The summed E-state index contributed by atoms with van der Waals surface area (Å²) in [6.45, 7) is 1.68. The molecule has 3 nitrogen and oxygen atoms in total. The molecule has 1 N–H and O–H groups in total. The maximum absolute atomic E-state index is 13.1. The molecule has 0 bridgehead atoms. The third-order valence-electron chi connectivity index (χ3n) is 3.12. The van der Waals surface area contributed by atoms with Gasteiger partial charge in [0.2, 0.25) is 0 Å². The van der Waals surface area contributed by atoms with Crippen molar-refractivity contribution in [2.24, 2.45) is 0 Å². The summed E-state index contributed by atoms with van der Waals surface area (Å²) < 4.78 is 14.0. The van der Waals surface area contributed by atoms with Crippen LogP contribution in [0.1, 0.15) is 15.9 Å². The maximum Gasteiger partial charge on any atom is 0.256 e. The highest BCUT2D eigenvalue weighted by Gasteiger charge is 2.15. The number of nitrogens with one attached hydrogen (secondary N) is 1. The standard InChI is InChI=1S/C15H10ClFN2OS/c1-8-6-9(17)2-3-10(8)15(20)19-13-11(16)4-5-12-14(13)18-7-21-12/h2-7H,1H3,(H,19,20). The summed E-state index contributed by atoms with van der Waals surface area (Å²) in [6, 6.07) is 7.60. The zero-order valence-electron chi connectivity index (χ0n) is 11.0. The molecule has 0 atom stereocenters. The van der Waals surface area contributed by atoms with E-state index in [-0.39, 0.29) is 11.7 Å². The van der Waals surface area contributed by atoms with E-state index in [1.165, 1.54) is 29.5 Å². The lowest BCUT2D eigenvalue weighted by Crippen LogP contribution is -2.14. The molecular formula is C15H10ClFN2OS. The van der Waals surface area contributed by atoms with Gasteiger partial charge in [0.15, 0.2) is 0 Å². The molecule has 2 aromatic carbocycles. The normalized spacial score (nSPS) is 10.8. The van der Waals surface area contributed by atoms with Gasteiger partial charge in [-0.05, 0) is 42.8 Å². The molecule has 0 saturated carbocycles. The van der Waals surface area contributed by atoms with Crippen molar-refractivity contribution < 1.29 is 9.18 Å². The molecule has 1 heterocycles. The Balaban J connectivity index is 2.00. The van der Waals surface area contributed by atoms with Crippen molar-refractivity contribution in [3.8, 4) is 0 Å². The lowest BCUT2D eigenvalue weighted by Gasteiger charge is -2.10. The van der Waals surface area contributed by atoms with Gasteiger partial charge in [-0.1, -0.05) is 11.6 Å². The number of anilines is 1. The molecule has 21 heavy (non-hydrogen) atoms. The van der Waals surface area contributed by atoms with Crippen molar-refractivity contribution in [3.05, 3.63) is 57.8 Å². The fourth-order valence-corrected chi connectivity index (χ4v) is 2.97. The van der Waals surface area contributed by atoms with Crippen molar-refractivity contribution in [3.63, 3.8) is 0 Å². The summed E-state index contributed by atoms with van der Waals surface area (Å²) in [7, 11) is 0. The Morgan fingerprint density at radius 2 is 2.14 bits per heavy atom. The quantitative estimate of drug-likeness (QED) is 0.746. The number of halogens is 2. The summed E-state index contributed by atoms with van der Waals surface area (Å²) in [5.74, 6) is -0.710. The highest BCUT2D eigenvalue weighted by atomic mass is 35.5. The Morgan fingerprint density at radius 1 is 1.33 bits per heavy atom. The van der Waals surface area contributed by atoms with Gasteiger partial charge in [0.1, 0.15) is 11.3 Å². The summed E-state index contributed by atoms with van der Waals surface area (Å²) in [4.78, 5) is 16.6. The molecule has 0 radical (unpaired) electrons. The van der Waals surface area contributed by atoms with E-state index in [2.05, 4.69) is 10.3 Å². The minimum atomic E-state index is -0.372. The third-order valence-corrected chi connectivity index (χ3v) is 4.23. The van der Waals surface area contributed by atoms with E-state index in [4.69, 9.17) is 11.6 Å². The topological polar surface area (TPSA) is 42.0 Å². The molecule has 106 valence electrons. The summed E-state index contributed by atoms with van der Waals surface area (Å²) in [5.41, 5.74) is 3.79. The van der Waals surface area contributed by atoms with Crippen LogP contribution in [0.15, 0.2) is 35.8 Å². The minimum absolute atomic E-state index is 0.338. The number of hydrogen-bond acceptors (Lipinski definition) is 3. The molecule has 1 aromatic heterocycles. The van der Waals surface area contributed by atoms with E-state index < -0.39 is 0 Å². The zero-order valence-corrected chi connectivity index (χ0v) is 12.6. The van der Waals surface area contributed by atoms with E-state index in [0.717, 1.165) is 4.70 Å². The van der Waals surface area contributed by atoms with Crippen molar-refractivity contribution in [2.45, 2.75) is 6.92 Å². The Kier molecular flexibility index (Phi) is 3.61. The van der Waals surface area contributed by atoms with Crippen LogP contribution in [0.3, 0.4) is 0 Å². The monoisotopic (exact) mass is 320 g/mol. The van der Waals surface area contributed by atoms with Crippen LogP contribution in [0.25, 0.3) is 10.2 Å². The Morgan fingerprint density at radius 3 is 2.90 bits per heavy atom. The molecule has 3 rings (SSSR count). The number of amides is 1. The predicted molar refractivity (Wildman–Crippen MR) is 83.7 cm³/mol. The first kappa shape index (κ1) is 14.0. The van der Waals surface area contributed by atoms with E-state index in [9.17, 15) is 9.18 Å². The predicted octanol–water partition coefficient (Wildman–Crippen LogP) is 4.65. The van der Waals surface area contributed by atoms with Crippen molar-refractivity contribution in [2.75, 3.05) is 5.32 Å². The van der Waals surface area contributed by atoms with Crippen LogP contribution in [-0.4, -0.2) is 10.9 Å². The fraction of sp³-hybridized carbons (Fsp3) is 0.0667. The summed E-state index contributed by atoms with van der Waals surface area (Å²) in [5, 5.41) is 3.18. The Labute approximate surface area is 129 Å². The lowest BCUT2D eigenvalue weighted by molar-refractivity contribution is 0.102. The van der Waals surface area contributed by atoms with Crippen LogP contribution in [0.2, 0.25) is 5.02 Å². The summed E-state index contributed by atoms with van der Waals surface area (Å²) in [6.07, 6.45) is 0. The van der Waals surface area contributed by atoms with Gasteiger partial charge in [-0.3, -0.25) is 4.79 Å². The number of benzene rings is 2. The number of rotatable bonds is 2. The van der Waals surface area contributed by atoms with Crippen molar-refractivity contribution >= 4 is 44.7 Å². The SMILES string of the molecule is Cc1cc(F)ccc1C(=O)Nc1c(Cl)ccc2scnc12. The Bertz CT molecular complexity index is 847. The summed E-state index contributed by atoms with van der Waals surface area (Å²) >= 11 is 7.61. The Hall–Kier alpha value is -1.98. The van der Waals surface area contributed by atoms with Crippen LogP contribution >= 0.6 is 22.9 Å². The number of carbonyl (C=O) groups is 1. The van der Waals surface area contributed by atoms with Gasteiger partial charge in [0.25, 0.3) is 5.91 Å². The highest BCUT2D eigenvalue weighted by Crippen LogP contribution is 2.32. The van der Waals surface area contributed by atoms with E-state index in [1.54, 1.807) is 18.5 Å². The maximum atomic E-state index is 13.1. The first-order valence-electron chi connectivity index (χ1n) is 6.15. The second kappa shape index (κ2) is 5.42. The van der Waals surface area contributed by atoms with Gasteiger partial charge in [-0.25, -0.2) is 9.37 Å². The molecule has 3 aromatic rings. The highest BCUT2D eigenvalue weighted by molar-refractivity contribution is 7.16. The number of nitrogens with zero attached hydrogens (tertiary/aromatic N) is 1. The van der Waals surface area contributed by atoms with Gasteiger partial charge in [0.05, 0.1) is 20.9 Å². The third kappa shape index (κ3) is 2.62. The largest absolute Gasteiger partial charge is 0.319 e. The lowest BCUT2D eigenvalue weighted by atomic mass is 10.1. The van der Waals surface area contributed by atoms with Gasteiger partial charge in [0, 0.05) is 5.56 Å². The smallest absolute Gasteiger partial charge is 0.256 e. The van der Waals surface area contributed by atoms with Gasteiger partial charge in [-0.15, -0.1) is 11.3 Å². The van der Waals surface area contributed by atoms with E-state index >= 15 is 0 Å². The number of fused-ring (bicyclic) bond motifs is 1. The van der Waals surface area contributed by atoms with Gasteiger partial charge >= 0.3 is 0 Å². The van der Waals surface area contributed by atoms with Crippen molar-refractivity contribution in [1.82, 2.24) is 4.98 Å². The number of thiazole rings is 1. The molecule has 0 saturated heterocycles. The molecule has 0 aliphatic heterocycles.